The summed E-state index contributed by atoms with van der Waals surface area (Å²) >= 11 is 0. The van der Waals surface area contributed by atoms with Crippen molar-refractivity contribution in [1.82, 2.24) is 10.2 Å². The molecule has 1 heterocycles. The number of aliphatic hydroxyl groups excluding tert-OH is 1. The summed E-state index contributed by atoms with van der Waals surface area (Å²) in [7, 11) is 0. The predicted molar refractivity (Wildman–Crippen MR) is 66.6 cm³/mol. The SMILES string of the molecule is CC1CCC(NC(=O)CN2CC[C@@H](O)C2)CC1. The maximum atomic E-state index is 11.8. The lowest BCUT2D eigenvalue weighted by Gasteiger charge is -2.27. The summed E-state index contributed by atoms with van der Waals surface area (Å²) in [6, 6.07) is 0.381. The van der Waals surface area contributed by atoms with Crippen molar-refractivity contribution in [1.29, 1.82) is 0 Å². The minimum absolute atomic E-state index is 0.124. The van der Waals surface area contributed by atoms with Gasteiger partial charge in [-0.25, -0.2) is 0 Å². The number of carbonyl (C=O) groups is 1. The van der Waals surface area contributed by atoms with Gasteiger partial charge in [-0.3, -0.25) is 9.69 Å². The molecule has 0 aromatic carbocycles. The number of likely N-dealkylation sites (tertiary alicyclic amines) is 1. The molecular weight excluding hydrogens is 216 g/mol. The molecule has 0 spiro atoms. The minimum atomic E-state index is -0.238. The Morgan fingerprint density at radius 1 is 1.29 bits per heavy atom. The lowest BCUT2D eigenvalue weighted by Crippen LogP contribution is -2.43. The molecule has 2 rings (SSSR count). The molecule has 98 valence electrons. The van der Waals surface area contributed by atoms with E-state index in [-0.39, 0.29) is 12.0 Å². The molecule has 2 N–H and O–H groups in total. The van der Waals surface area contributed by atoms with E-state index < -0.39 is 0 Å². The zero-order valence-electron chi connectivity index (χ0n) is 10.7. The molecule has 0 radical (unpaired) electrons. The van der Waals surface area contributed by atoms with Crippen molar-refractivity contribution in [2.75, 3.05) is 19.6 Å². The first-order valence-electron chi connectivity index (χ1n) is 6.83. The molecule has 0 bridgehead atoms. The molecule has 2 aliphatic rings. The van der Waals surface area contributed by atoms with E-state index >= 15 is 0 Å². The zero-order valence-corrected chi connectivity index (χ0v) is 10.7. The van der Waals surface area contributed by atoms with Crippen LogP contribution in [0.1, 0.15) is 39.0 Å². The van der Waals surface area contributed by atoms with E-state index in [1.165, 1.54) is 12.8 Å². The summed E-state index contributed by atoms with van der Waals surface area (Å²) in [5.41, 5.74) is 0. The van der Waals surface area contributed by atoms with Crippen LogP contribution in [0.2, 0.25) is 0 Å². The van der Waals surface area contributed by atoms with Crippen LogP contribution in [-0.2, 0) is 4.79 Å². The Hall–Kier alpha value is -0.610. The number of aliphatic hydroxyl groups is 1. The summed E-state index contributed by atoms with van der Waals surface area (Å²) < 4.78 is 0. The van der Waals surface area contributed by atoms with Crippen LogP contribution in [0.15, 0.2) is 0 Å². The molecular formula is C13H24N2O2. The monoisotopic (exact) mass is 240 g/mol. The smallest absolute Gasteiger partial charge is 0.234 e. The van der Waals surface area contributed by atoms with Gasteiger partial charge in [-0.2, -0.15) is 0 Å². The second kappa shape index (κ2) is 5.83. The molecule has 0 unspecified atom stereocenters. The topological polar surface area (TPSA) is 52.6 Å². The van der Waals surface area contributed by atoms with Gasteiger partial charge < -0.3 is 10.4 Å². The van der Waals surface area contributed by atoms with Gasteiger partial charge >= 0.3 is 0 Å². The third-order valence-electron chi connectivity index (χ3n) is 4.00. The normalized spacial score (nSPS) is 34.8. The fourth-order valence-electron chi connectivity index (χ4n) is 2.84. The molecule has 1 saturated heterocycles. The number of hydrogen-bond acceptors (Lipinski definition) is 3. The van der Waals surface area contributed by atoms with Gasteiger partial charge in [0.1, 0.15) is 0 Å². The standard InChI is InChI=1S/C13H24N2O2/c1-10-2-4-11(5-3-10)14-13(17)9-15-7-6-12(16)8-15/h10-12,16H,2-9H2,1H3,(H,14,17)/t10?,11?,12-/m1/s1. The maximum absolute atomic E-state index is 11.8. The highest BCUT2D eigenvalue weighted by atomic mass is 16.3. The molecule has 1 amide bonds. The quantitative estimate of drug-likeness (QED) is 0.765. The van der Waals surface area contributed by atoms with E-state index in [9.17, 15) is 9.90 Å². The van der Waals surface area contributed by atoms with E-state index in [0.717, 1.165) is 31.7 Å². The summed E-state index contributed by atoms with van der Waals surface area (Å²) in [5, 5.41) is 12.5. The molecule has 1 atom stereocenters. The summed E-state index contributed by atoms with van der Waals surface area (Å²) in [6.45, 7) is 4.22. The fraction of sp³-hybridized carbons (Fsp3) is 0.923. The van der Waals surface area contributed by atoms with Crippen molar-refractivity contribution in [3.63, 3.8) is 0 Å². The minimum Gasteiger partial charge on any atom is -0.392 e. The highest BCUT2D eigenvalue weighted by Gasteiger charge is 2.24. The van der Waals surface area contributed by atoms with Gasteiger partial charge in [0.15, 0.2) is 0 Å². The number of nitrogens with one attached hydrogen (secondary N) is 1. The fourth-order valence-corrected chi connectivity index (χ4v) is 2.84. The van der Waals surface area contributed by atoms with E-state index in [4.69, 9.17) is 0 Å². The Labute approximate surface area is 103 Å². The molecule has 2 fully saturated rings. The van der Waals surface area contributed by atoms with Gasteiger partial charge in [0, 0.05) is 19.1 Å². The Kier molecular flexibility index (Phi) is 4.40. The maximum Gasteiger partial charge on any atom is 0.234 e. The van der Waals surface area contributed by atoms with E-state index in [2.05, 4.69) is 12.2 Å². The summed E-state index contributed by atoms with van der Waals surface area (Å²) in [4.78, 5) is 13.9. The third-order valence-corrected chi connectivity index (χ3v) is 4.00. The Bertz CT molecular complexity index is 262. The number of carbonyl (C=O) groups excluding carboxylic acids is 1. The lowest BCUT2D eigenvalue weighted by atomic mass is 9.87. The van der Waals surface area contributed by atoms with Crippen LogP contribution in [0.3, 0.4) is 0 Å². The Morgan fingerprint density at radius 2 is 2.00 bits per heavy atom. The Morgan fingerprint density at radius 3 is 2.59 bits per heavy atom. The molecule has 4 heteroatoms. The van der Waals surface area contributed by atoms with Crippen LogP contribution in [0.5, 0.6) is 0 Å². The second-order valence-corrected chi connectivity index (χ2v) is 5.70. The molecule has 1 saturated carbocycles. The van der Waals surface area contributed by atoms with Crippen LogP contribution < -0.4 is 5.32 Å². The number of amides is 1. The first kappa shape index (κ1) is 12.8. The summed E-state index contributed by atoms with van der Waals surface area (Å²) in [6.07, 6.45) is 5.26. The molecule has 1 aliphatic heterocycles. The van der Waals surface area contributed by atoms with Gasteiger partial charge in [0.2, 0.25) is 5.91 Å². The highest BCUT2D eigenvalue weighted by Crippen LogP contribution is 2.23. The number of β-amino-alcohol motifs (C(OH)–C–C–N with tert-alkyl or cyclic N) is 1. The van der Waals surface area contributed by atoms with Crippen molar-refractivity contribution in [2.24, 2.45) is 5.92 Å². The van der Waals surface area contributed by atoms with Crippen LogP contribution in [0, 0.1) is 5.92 Å². The van der Waals surface area contributed by atoms with Crippen LogP contribution in [0.25, 0.3) is 0 Å². The average Bonchev–Trinajstić information content (AvgIpc) is 2.67. The van der Waals surface area contributed by atoms with Crippen LogP contribution in [0.4, 0.5) is 0 Å². The van der Waals surface area contributed by atoms with Crippen LogP contribution >= 0.6 is 0 Å². The summed E-state index contributed by atoms with van der Waals surface area (Å²) in [5.74, 6) is 0.940. The van der Waals surface area contributed by atoms with Crippen LogP contribution in [-0.4, -0.2) is 47.7 Å². The molecule has 0 aromatic rings. The van der Waals surface area contributed by atoms with Crippen molar-refractivity contribution >= 4 is 5.91 Å². The number of nitrogens with zero attached hydrogens (tertiary/aromatic N) is 1. The first-order chi connectivity index (χ1) is 8.13. The third kappa shape index (κ3) is 3.96. The van der Waals surface area contributed by atoms with E-state index in [1.807, 2.05) is 4.90 Å². The largest absolute Gasteiger partial charge is 0.392 e. The van der Waals surface area contributed by atoms with Crippen molar-refractivity contribution in [3.8, 4) is 0 Å². The number of rotatable bonds is 3. The van der Waals surface area contributed by atoms with Gasteiger partial charge in [-0.15, -0.1) is 0 Å². The van der Waals surface area contributed by atoms with E-state index in [1.54, 1.807) is 0 Å². The second-order valence-electron chi connectivity index (χ2n) is 5.70. The highest BCUT2D eigenvalue weighted by molar-refractivity contribution is 5.78. The Balaban J connectivity index is 1.67. The van der Waals surface area contributed by atoms with Gasteiger partial charge in [-0.05, 0) is 38.0 Å². The first-order valence-corrected chi connectivity index (χ1v) is 6.83. The van der Waals surface area contributed by atoms with Crippen molar-refractivity contribution < 1.29 is 9.90 Å². The molecule has 0 aromatic heterocycles. The van der Waals surface area contributed by atoms with Crippen molar-refractivity contribution in [3.05, 3.63) is 0 Å². The van der Waals surface area contributed by atoms with Crippen molar-refractivity contribution in [2.45, 2.75) is 51.2 Å². The molecule has 1 aliphatic carbocycles. The molecule has 17 heavy (non-hydrogen) atoms. The zero-order chi connectivity index (χ0) is 12.3. The van der Waals surface area contributed by atoms with Gasteiger partial charge in [0.05, 0.1) is 12.6 Å². The lowest BCUT2D eigenvalue weighted by molar-refractivity contribution is -0.123. The average molecular weight is 240 g/mol. The molecule has 4 nitrogen and oxygen atoms in total. The van der Waals surface area contributed by atoms with Gasteiger partial charge in [0.25, 0.3) is 0 Å². The number of hydrogen-bond donors (Lipinski definition) is 2. The van der Waals surface area contributed by atoms with E-state index in [0.29, 0.717) is 19.1 Å². The predicted octanol–water partition coefficient (Wildman–Crippen LogP) is 0.748. The van der Waals surface area contributed by atoms with Gasteiger partial charge in [-0.1, -0.05) is 6.92 Å².